The van der Waals surface area contributed by atoms with Crippen molar-refractivity contribution in [1.29, 1.82) is 0 Å². The number of nitrogens with zero attached hydrogens (tertiary/aromatic N) is 1. The van der Waals surface area contributed by atoms with Crippen LogP contribution in [-0.4, -0.2) is 35.1 Å². The van der Waals surface area contributed by atoms with Gasteiger partial charge in [0.1, 0.15) is 0 Å². The third kappa shape index (κ3) is 1.67. The van der Waals surface area contributed by atoms with Crippen LogP contribution in [0.2, 0.25) is 0 Å². The van der Waals surface area contributed by atoms with Gasteiger partial charge in [-0.25, -0.2) is 0 Å². The van der Waals surface area contributed by atoms with Crippen molar-refractivity contribution in [1.82, 2.24) is 4.90 Å². The molecule has 2 rings (SSSR count). The van der Waals surface area contributed by atoms with E-state index in [2.05, 4.69) is 0 Å². The number of carbonyl (C=O) groups is 1. The van der Waals surface area contributed by atoms with Gasteiger partial charge in [0.2, 0.25) is 0 Å². The number of thiophene rings is 1. The van der Waals surface area contributed by atoms with Crippen LogP contribution in [-0.2, 0) is 0 Å². The third-order valence-corrected chi connectivity index (χ3v) is 3.44. The van der Waals surface area contributed by atoms with Crippen LogP contribution >= 0.6 is 11.3 Å². The molecule has 0 saturated carbocycles. The number of likely N-dealkylation sites (tertiary alicyclic amines) is 1. The van der Waals surface area contributed by atoms with Crippen molar-refractivity contribution >= 4 is 17.2 Å². The number of rotatable bonds is 2. The lowest BCUT2D eigenvalue weighted by molar-refractivity contribution is 0.0682. The molecule has 0 spiro atoms. The maximum absolute atomic E-state index is 11.9. The number of aliphatic hydroxyl groups excluding tert-OH is 1. The second kappa shape index (κ2) is 4.11. The molecule has 4 heteroatoms. The Bertz CT molecular complexity index is 310. The Morgan fingerprint density at radius 2 is 2.57 bits per heavy atom. The first-order valence-electron chi connectivity index (χ1n) is 4.78. The molecule has 2 heterocycles. The highest BCUT2D eigenvalue weighted by molar-refractivity contribution is 7.12. The Morgan fingerprint density at radius 1 is 1.71 bits per heavy atom. The zero-order chi connectivity index (χ0) is 9.97. The fourth-order valence-corrected chi connectivity index (χ4v) is 2.51. The summed E-state index contributed by atoms with van der Waals surface area (Å²) in [5.74, 6) is 0.0663. The van der Waals surface area contributed by atoms with E-state index in [-0.39, 0.29) is 18.6 Å². The minimum atomic E-state index is 0.0320. The van der Waals surface area contributed by atoms with Crippen LogP contribution in [0.4, 0.5) is 0 Å². The summed E-state index contributed by atoms with van der Waals surface area (Å²) in [4.78, 5) is 14.5. The van der Waals surface area contributed by atoms with Gasteiger partial charge in [-0.15, -0.1) is 11.3 Å². The van der Waals surface area contributed by atoms with Gasteiger partial charge >= 0.3 is 0 Å². The third-order valence-electron chi connectivity index (χ3n) is 2.58. The molecule has 0 aliphatic carbocycles. The van der Waals surface area contributed by atoms with Gasteiger partial charge in [0.05, 0.1) is 17.5 Å². The van der Waals surface area contributed by atoms with E-state index >= 15 is 0 Å². The molecule has 1 atom stereocenters. The summed E-state index contributed by atoms with van der Waals surface area (Å²) in [6, 6.07) is 3.74. The first-order valence-corrected chi connectivity index (χ1v) is 5.66. The summed E-state index contributed by atoms with van der Waals surface area (Å²) in [6.07, 6.45) is 1.93. The molecule has 1 N–H and O–H groups in total. The quantitative estimate of drug-likeness (QED) is 0.802. The van der Waals surface area contributed by atoms with Gasteiger partial charge in [0, 0.05) is 6.54 Å². The Morgan fingerprint density at radius 3 is 3.21 bits per heavy atom. The van der Waals surface area contributed by atoms with Gasteiger partial charge in [-0.05, 0) is 24.3 Å². The highest BCUT2D eigenvalue weighted by atomic mass is 32.1. The zero-order valence-electron chi connectivity index (χ0n) is 7.85. The van der Waals surface area contributed by atoms with E-state index in [4.69, 9.17) is 5.11 Å². The summed E-state index contributed by atoms with van der Waals surface area (Å²) in [7, 11) is 0. The van der Waals surface area contributed by atoms with Gasteiger partial charge in [-0.1, -0.05) is 6.07 Å². The molecule has 1 fully saturated rings. The summed E-state index contributed by atoms with van der Waals surface area (Å²) >= 11 is 1.46. The number of hydrogen-bond acceptors (Lipinski definition) is 3. The van der Waals surface area contributed by atoms with Crippen LogP contribution in [0.25, 0.3) is 0 Å². The van der Waals surface area contributed by atoms with Gasteiger partial charge in [-0.3, -0.25) is 4.79 Å². The monoisotopic (exact) mass is 211 g/mol. The topological polar surface area (TPSA) is 40.5 Å². The van der Waals surface area contributed by atoms with Crippen LogP contribution < -0.4 is 0 Å². The van der Waals surface area contributed by atoms with E-state index in [1.807, 2.05) is 17.5 Å². The van der Waals surface area contributed by atoms with Gasteiger partial charge < -0.3 is 10.0 Å². The second-order valence-corrected chi connectivity index (χ2v) is 4.40. The Kier molecular flexibility index (Phi) is 2.84. The molecule has 1 aromatic heterocycles. The van der Waals surface area contributed by atoms with Crippen LogP contribution in [0, 0.1) is 0 Å². The number of aliphatic hydroxyl groups is 1. The first-order chi connectivity index (χ1) is 6.83. The van der Waals surface area contributed by atoms with Crippen molar-refractivity contribution in [2.75, 3.05) is 13.2 Å². The molecule has 0 unspecified atom stereocenters. The fourth-order valence-electron chi connectivity index (χ4n) is 1.83. The molecule has 0 radical (unpaired) electrons. The lowest BCUT2D eigenvalue weighted by Gasteiger charge is -2.22. The molecular weight excluding hydrogens is 198 g/mol. The zero-order valence-corrected chi connectivity index (χ0v) is 8.67. The molecular formula is C10H13NO2S. The molecule has 1 saturated heterocycles. The Balaban J connectivity index is 2.11. The van der Waals surface area contributed by atoms with Crippen LogP contribution in [0.3, 0.4) is 0 Å². The van der Waals surface area contributed by atoms with Crippen molar-refractivity contribution < 1.29 is 9.90 Å². The number of carbonyl (C=O) groups excluding carboxylic acids is 1. The molecule has 0 bridgehead atoms. The number of amides is 1. The van der Waals surface area contributed by atoms with Gasteiger partial charge in [0.15, 0.2) is 0 Å². The van der Waals surface area contributed by atoms with Crippen LogP contribution in [0.5, 0.6) is 0 Å². The standard InChI is InChI=1S/C10H13NO2S/c12-7-8-3-1-5-11(8)10(13)9-4-2-6-14-9/h2,4,6,8,12H,1,3,5,7H2/t8-/m1/s1. The lowest BCUT2D eigenvalue weighted by atomic mass is 10.2. The summed E-state index contributed by atoms with van der Waals surface area (Å²) in [5, 5.41) is 11.0. The highest BCUT2D eigenvalue weighted by Gasteiger charge is 2.28. The SMILES string of the molecule is O=C(c1cccs1)N1CCC[C@@H]1CO. The Labute approximate surface area is 87.0 Å². The minimum Gasteiger partial charge on any atom is -0.394 e. The Hall–Kier alpha value is -0.870. The van der Waals surface area contributed by atoms with E-state index in [0.29, 0.717) is 0 Å². The summed E-state index contributed by atoms with van der Waals surface area (Å²) < 4.78 is 0. The predicted octanol–water partition coefficient (Wildman–Crippen LogP) is 1.34. The molecule has 1 aliphatic heterocycles. The summed E-state index contributed by atoms with van der Waals surface area (Å²) in [5.41, 5.74) is 0. The number of hydrogen-bond donors (Lipinski definition) is 1. The molecule has 76 valence electrons. The lowest BCUT2D eigenvalue weighted by Crippen LogP contribution is -2.37. The van der Waals surface area contributed by atoms with E-state index in [9.17, 15) is 4.79 Å². The fraction of sp³-hybridized carbons (Fsp3) is 0.500. The van der Waals surface area contributed by atoms with E-state index in [0.717, 1.165) is 24.3 Å². The second-order valence-electron chi connectivity index (χ2n) is 3.45. The predicted molar refractivity (Wildman–Crippen MR) is 55.5 cm³/mol. The largest absolute Gasteiger partial charge is 0.394 e. The van der Waals surface area contributed by atoms with Crippen LogP contribution in [0.1, 0.15) is 22.5 Å². The van der Waals surface area contributed by atoms with Crippen molar-refractivity contribution in [3.8, 4) is 0 Å². The van der Waals surface area contributed by atoms with Crippen molar-refractivity contribution in [2.24, 2.45) is 0 Å². The molecule has 1 amide bonds. The van der Waals surface area contributed by atoms with E-state index in [1.54, 1.807) is 4.90 Å². The maximum atomic E-state index is 11.9. The van der Waals surface area contributed by atoms with Gasteiger partial charge in [0.25, 0.3) is 5.91 Å². The average Bonchev–Trinajstić information content (AvgIpc) is 2.87. The highest BCUT2D eigenvalue weighted by Crippen LogP contribution is 2.21. The van der Waals surface area contributed by atoms with Gasteiger partial charge in [-0.2, -0.15) is 0 Å². The van der Waals surface area contributed by atoms with Crippen molar-refractivity contribution in [2.45, 2.75) is 18.9 Å². The molecule has 3 nitrogen and oxygen atoms in total. The molecule has 1 aliphatic rings. The molecule has 14 heavy (non-hydrogen) atoms. The first kappa shape index (κ1) is 9.68. The minimum absolute atomic E-state index is 0.0320. The van der Waals surface area contributed by atoms with E-state index < -0.39 is 0 Å². The molecule has 1 aromatic rings. The average molecular weight is 211 g/mol. The summed E-state index contributed by atoms with van der Waals surface area (Å²) in [6.45, 7) is 0.860. The van der Waals surface area contributed by atoms with Crippen LogP contribution in [0.15, 0.2) is 17.5 Å². The van der Waals surface area contributed by atoms with Crippen molar-refractivity contribution in [3.05, 3.63) is 22.4 Å². The smallest absolute Gasteiger partial charge is 0.264 e. The van der Waals surface area contributed by atoms with E-state index in [1.165, 1.54) is 11.3 Å². The maximum Gasteiger partial charge on any atom is 0.264 e. The normalized spacial score (nSPS) is 21.5. The van der Waals surface area contributed by atoms with Crippen molar-refractivity contribution in [3.63, 3.8) is 0 Å². The molecule has 0 aromatic carbocycles.